The van der Waals surface area contributed by atoms with Gasteiger partial charge in [-0.05, 0) is 0 Å². The molecule has 2 radical (unpaired) electrons. The van der Waals surface area contributed by atoms with Crippen molar-refractivity contribution in [2.75, 3.05) is 0 Å². The van der Waals surface area contributed by atoms with Crippen LogP contribution >= 0.6 is 0 Å². The van der Waals surface area contributed by atoms with Gasteiger partial charge >= 0.3 is 190 Å². The summed E-state index contributed by atoms with van der Waals surface area (Å²) in [6, 6.07) is 0. The number of hydrogen-bond acceptors (Lipinski definition) is 6. The summed E-state index contributed by atoms with van der Waals surface area (Å²) in [7, 11) is 0. The number of aliphatic hydroxyl groups excluding tert-OH is 2. The molecule has 0 heterocycles. The number of hydrogen-bond donors (Lipinski definition) is 2. The number of unbranched alkanes of at least 4 members (excludes halogenated alkanes) is 26. The van der Waals surface area contributed by atoms with Gasteiger partial charge in [0.1, 0.15) is 0 Å². The van der Waals surface area contributed by atoms with Gasteiger partial charge in [-0.1, -0.05) is 90.9 Å². The molecule has 2 N–H and O–H groups in total. The minimum Gasteiger partial charge on any atom is -0.0654 e. The van der Waals surface area contributed by atoms with Crippen LogP contribution in [-0.2, 0) is 15.0 Å². The van der Waals surface area contributed by atoms with E-state index in [1.165, 1.54) is 141 Å². The summed E-state index contributed by atoms with van der Waals surface area (Å²) in [4.78, 5) is 24.0. The van der Waals surface area contributed by atoms with Gasteiger partial charge in [0.05, 0.1) is 0 Å². The normalized spacial score (nSPS) is 12.7. The summed E-state index contributed by atoms with van der Waals surface area (Å²) in [5.41, 5.74) is 0. The van der Waals surface area contributed by atoms with E-state index in [2.05, 4.69) is 13.8 Å². The van der Waals surface area contributed by atoms with E-state index in [0.29, 0.717) is 12.8 Å². The molecule has 0 aromatic carbocycles. The van der Waals surface area contributed by atoms with Crippen LogP contribution in [-0.4, -0.2) is 59.5 Å². The van der Waals surface area contributed by atoms with Gasteiger partial charge in [-0.3, -0.25) is 0 Å². The Morgan fingerprint density at radius 3 is 0.860 bits per heavy atom. The number of aliphatic hydroxyl groups is 2. The van der Waals surface area contributed by atoms with Crippen LogP contribution in [0, 0.1) is 0 Å². The smallest absolute Gasteiger partial charge is 0.0654 e. The fourth-order valence-electron chi connectivity index (χ4n) is 5.54. The Morgan fingerprint density at radius 1 is 0.419 bits per heavy atom. The second-order valence-electron chi connectivity index (χ2n) is 12.7. The second kappa shape index (κ2) is 34.7. The Hall–Kier alpha value is -0.218. The van der Waals surface area contributed by atoms with Gasteiger partial charge < -0.3 is 0 Å². The Bertz CT molecular complexity index is 552. The van der Waals surface area contributed by atoms with Crippen molar-refractivity contribution >= 4 is 37.1 Å². The number of carbonyl (C=O) groups is 2. The molecule has 2 unspecified atom stereocenters. The first-order chi connectivity index (χ1) is 21.0. The zero-order valence-electron chi connectivity index (χ0n) is 28.4. The molecule has 0 spiro atoms. The van der Waals surface area contributed by atoms with E-state index in [9.17, 15) is 19.8 Å². The molecule has 0 rings (SSSR count). The quantitative estimate of drug-likeness (QED) is 0.0497. The molecule has 0 aromatic heterocycles. The molecule has 0 amide bonds. The van der Waals surface area contributed by atoms with Gasteiger partial charge in [0, 0.05) is 0 Å². The Balaban J connectivity index is 3.51. The van der Waals surface area contributed by atoms with E-state index in [1.807, 2.05) is 0 Å². The third-order valence-corrected chi connectivity index (χ3v) is 10.7. The van der Waals surface area contributed by atoms with Gasteiger partial charge in [0.15, 0.2) is 0 Å². The monoisotopic (exact) mass is 806 g/mol. The fraction of sp³-hybridized carbons (Fsp3) is 0.944. The summed E-state index contributed by atoms with van der Waals surface area (Å²) in [5, 5.41) is 20.1. The van der Waals surface area contributed by atoms with Gasteiger partial charge in [-0.2, -0.15) is 0 Å². The minimum absolute atomic E-state index is 0.385. The average molecular weight is 806 g/mol. The molecule has 0 bridgehead atoms. The summed E-state index contributed by atoms with van der Waals surface area (Å²) in [6.07, 6.45) is 33.8. The molecule has 2 atom stereocenters. The standard InChI is InChI=1S/2C18H36O3.Pb/c2*1-2-3-4-5-6-7-8-9-10-11-12-13-14-15-16-17(19)18(20)21;/h2*17,19H,2-16H2,1H3,(H,20,21);/q;;+2/p-2. The number of carbonyl (C=O) groups excluding carboxylic acids is 2. The van der Waals surface area contributed by atoms with Gasteiger partial charge in [0.2, 0.25) is 0 Å². The fourth-order valence-corrected chi connectivity index (χ4v) is 7.40. The maximum atomic E-state index is 12.0. The molecule has 0 saturated heterocycles. The molecule has 0 aliphatic heterocycles. The Labute approximate surface area is 279 Å². The van der Waals surface area contributed by atoms with Crippen LogP contribution in [0.15, 0.2) is 0 Å². The third kappa shape index (κ3) is 31.5. The second-order valence-corrected chi connectivity index (χ2v) is 15.0. The first-order valence-electron chi connectivity index (χ1n) is 18.5. The van der Waals surface area contributed by atoms with Crippen LogP contribution in [0.4, 0.5) is 0 Å². The average Bonchev–Trinajstić information content (AvgIpc) is 3.00. The molecule has 254 valence electrons. The third-order valence-electron chi connectivity index (χ3n) is 8.49. The molecule has 6 nitrogen and oxygen atoms in total. The summed E-state index contributed by atoms with van der Waals surface area (Å²) < 4.78 is 10.1. The molecular formula is C36H70O6Pb. The summed E-state index contributed by atoms with van der Waals surface area (Å²) >= 11 is -2.43. The van der Waals surface area contributed by atoms with Crippen molar-refractivity contribution in [3.05, 3.63) is 0 Å². The molecule has 43 heavy (non-hydrogen) atoms. The molecular weight excluding hydrogens is 736 g/mol. The predicted molar refractivity (Wildman–Crippen MR) is 180 cm³/mol. The molecule has 7 heteroatoms. The topological polar surface area (TPSA) is 93.1 Å². The minimum atomic E-state index is -2.43. The van der Waals surface area contributed by atoms with Crippen LogP contribution in [0.3, 0.4) is 0 Å². The van der Waals surface area contributed by atoms with Crippen LogP contribution in [0.1, 0.15) is 206 Å². The van der Waals surface area contributed by atoms with E-state index < -0.39 is 49.3 Å². The van der Waals surface area contributed by atoms with Crippen molar-refractivity contribution in [3.8, 4) is 0 Å². The first-order valence-corrected chi connectivity index (χ1v) is 21.7. The van der Waals surface area contributed by atoms with E-state index in [-0.39, 0.29) is 0 Å². The van der Waals surface area contributed by atoms with Crippen LogP contribution in [0.25, 0.3) is 0 Å². The van der Waals surface area contributed by atoms with E-state index in [1.54, 1.807) is 0 Å². The van der Waals surface area contributed by atoms with Crippen molar-refractivity contribution in [2.24, 2.45) is 0 Å². The van der Waals surface area contributed by atoms with Crippen molar-refractivity contribution in [1.29, 1.82) is 0 Å². The molecule has 0 saturated carbocycles. The molecule has 0 aliphatic carbocycles. The van der Waals surface area contributed by atoms with Crippen molar-refractivity contribution in [2.45, 2.75) is 219 Å². The van der Waals surface area contributed by atoms with E-state index in [0.717, 1.165) is 38.5 Å². The van der Waals surface area contributed by atoms with Crippen molar-refractivity contribution in [3.63, 3.8) is 0 Å². The van der Waals surface area contributed by atoms with Gasteiger partial charge in [-0.25, -0.2) is 0 Å². The maximum absolute atomic E-state index is 12.0. The van der Waals surface area contributed by atoms with E-state index >= 15 is 0 Å². The van der Waals surface area contributed by atoms with Crippen LogP contribution in [0.5, 0.6) is 0 Å². The van der Waals surface area contributed by atoms with Crippen molar-refractivity contribution < 1.29 is 25.2 Å². The molecule has 0 aliphatic rings. The Morgan fingerprint density at radius 2 is 0.628 bits per heavy atom. The first kappa shape index (κ1) is 42.8. The zero-order chi connectivity index (χ0) is 31.6. The number of rotatable bonds is 34. The van der Waals surface area contributed by atoms with E-state index in [4.69, 9.17) is 5.37 Å². The molecule has 0 aromatic rings. The summed E-state index contributed by atoms with van der Waals surface area (Å²) in [6.45, 7) is 4.52. The molecule has 0 fully saturated rings. The predicted octanol–water partition coefficient (Wildman–Crippen LogP) is 10.1. The van der Waals surface area contributed by atoms with Crippen LogP contribution < -0.4 is 0 Å². The zero-order valence-corrected chi connectivity index (χ0v) is 32.3. The SMILES string of the molecule is CCCCCCCCCCCCCCCCC(O)C(=O)[O][Pb][O]C(=O)C(O)CCCCCCCCCCCCCCCC. The van der Waals surface area contributed by atoms with Gasteiger partial charge in [-0.15, -0.1) is 0 Å². The van der Waals surface area contributed by atoms with Crippen LogP contribution in [0.2, 0.25) is 0 Å². The Kier molecular flexibility index (Phi) is 34.5. The van der Waals surface area contributed by atoms with Gasteiger partial charge in [0.25, 0.3) is 0 Å². The van der Waals surface area contributed by atoms with Crippen molar-refractivity contribution in [1.82, 2.24) is 0 Å². The summed E-state index contributed by atoms with van der Waals surface area (Å²) in [5.74, 6) is -1.38.